The number of anilines is 3. The van der Waals surface area contributed by atoms with Crippen molar-refractivity contribution in [3.05, 3.63) is 47.2 Å². The highest BCUT2D eigenvalue weighted by molar-refractivity contribution is 6.02. The largest absolute Gasteiger partial charge is 0.338 e. The predicted molar refractivity (Wildman–Crippen MR) is 113 cm³/mol. The third-order valence-electron chi connectivity index (χ3n) is 4.21. The summed E-state index contributed by atoms with van der Waals surface area (Å²) in [6, 6.07) is 7.61. The number of benzene rings is 1. The number of hydrogen-bond donors (Lipinski definition) is 4. The van der Waals surface area contributed by atoms with Crippen LogP contribution in [0.1, 0.15) is 48.2 Å². The molecule has 0 spiro atoms. The molecule has 2 aromatic rings. The van der Waals surface area contributed by atoms with Crippen LogP contribution < -0.4 is 21.1 Å². The summed E-state index contributed by atoms with van der Waals surface area (Å²) in [6.07, 6.45) is 3.08. The zero-order valence-corrected chi connectivity index (χ0v) is 16.5. The molecule has 0 saturated heterocycles. The first-order chi connectivity index (χ1) is 13.4. The number of nitrogens with one attached hydrogen (secondary N) is 4. The van der Waals surface area contributed by atoms with Gasteiger partial charge < -0.3 is 10.7 Å². The van der Waals surface area contributed by atoms with Gasteiger partial charge in [-0.3, -0.25) is 20.5 Å². The smallest absolute Gasteiger partial charge is 0.320 e. The number of amides is 2. The molecule has 0 aliphatic heterocycles. The van der Waals surface area contributed by atoms with Crippen molar-refractivity contribution >= 4 is 35.7 Å². The van der Waals surface area contributed by atoms with Crippen LogP contribution in [0.25, 0.3) is 0 Å². The number of carbonyl (C=O) groups is 2. The molecule has 8 nitrogen and oxygen atoms in total. The van der Waals surface area contributed by atoms with E-state index in [1.165, 1.54) is 11.8 Å². The van der Waals surface area contributed by atoms with Gasteiger partial charge in [0.25, 0.3) is 0 Å². The predicted octanol–water partition coefficient (Wildman–Crippen LogP) is 3.62. The molecule has 0 aliphatic carbocycles. The Balaban J connectivity index is 2.35. The van der Waals surface area contributed by atoms with Crippen LogP contribution in [0.5, 0.6) is 0 Å². The van der Waals surface area contributed by atoms with Crippen molar-refractivity contribution in [3.8, 4) is 0 Å². The summed E-state index contributed by atoms with van der Waals surface area (Å²) in [4.78, 5) is 27.4. The number of aldehydes is 1. The van der Waals surface area contributed by atoms with Crippen molar-refractivity contribution < 1.29 is 9.59 Å². The highest BCUT2D eigenvalue weighted by Crippen LogP contribution is 2.26. The van der Waals surface area contributed by atoms with Crippen LogP contribution in [-0.4, -0.2) is 37.1 Å². The minimum absolute atomic E-state index is 0.192. The zero-order chi connectivity index (χ0) is 20.7. The molecule has 1 aromatic heterocycles. The average Bonchev–Trinajstić information content (AvgIpc) is 2.68. The minimum atomic E-state index is -0.430. The molecule has 0 aliphatic rings. The number of urea groups is 1. The molecule has 1 heterocycles. The SMILES string of the molecule is CCNC(=O)Nc1ncc(C=O)c(NN(C)c2ccc(C(C)C)cc2)c1C=N. The molecular weight excluding hydrogens is 356 g/mol. The first-order valence-corrected chi connectivity index (χ1v) is 9.05. The summed E-state index contributed by atoms with van der Waals surface area (Å²) in [5.74, 6) is 0.624. The fourth-order valence-electron chi connectivity index (χ4n) is 2.62. The van der Waals surface area contributed by atoms with E-state index in [1.807, 2.05) is 31.3 Å². The summed E-state index contributed by atoms with van der Waals surface area (Å²) in [7, 11) is 1.81. The van der Waals surface area contributed by atoms with E-state index in [0.29, 0.717) is 30.0 Å². The van der Waals surface area contributed by atoms with Gasteiger partial charge in [-0.15, -0.1) is 0 Å². The fraction of sp³-hybridized carbons (Fsp3) is 0.300. The number of rotatable bonds is 8. The highest BCUT2D eigenvalue weighted by Gasteiger charge is 2.16. The number of hydrogen-bond acceptors (Lipinski definition) is 6. The first-order valence-electron chi connectivity index (χ1n) is 9.05. The van der Waals surface area contributed by atoms with Crippen LogP contribution in [0.4, 0.5) is 22.0 Å². The average molecular weight is 382 g/mol. The highest BCUT2D eigenvalue weighted by atomic mass is 16.2. The summed E-state index contributed by atoms with van der Waals surface area (Å²) < 4.78 is 0. The molecule has 0 atom stereocenters. The molecule has 0 radical (unpaired) electrons. The van der Waals surface area contributed by atoms with Crippen molar-refractivity contribution in [1.29, 1.82) is 5.41 Å². The molecule has 4 N–H and O–H groups in total. The van der Waals surface area contributed by atoms with Gasteiger partial charge in [0.15, 0.2) is 6.29 Å². The van der Waals surface area contributed by atoms with Crippen LogP contribution in [0.3, 0.4) is 0 Å². The monoisotopic (exact) mass is 382 g/mol. The lowest BCUT2D eigenvalue weighted by molar-refractivity contribution is 0.112. The Labute approximate surface area is 164 Å². The van der Waals surface area contributed by atoms with E-state index in [-0.39, 0.29) is 11.4 Å². The first kappa shape index (κ1) is 20.9. The van der Waals surface area contributed by atoms with Gasteiger partial charge >= 0.3 is 6.03 Å². The lowest BCUT2D eigenvalue weighted by Crippen LogP contribution is -2.30. The Morgan fingerprint density at radius 3 is 2.50 bits per heavy atom. The molecule has 0 fully saturated rings. The standard InChI is InChI=1S/C20H26N6O2/c1-5-22-20(28)24-19-17(10-21)18(15(12-27)11-23-19)25-26(4)16-8-6-14(7-9-16)13(2)3/h6-13,21H,5H2,1-4H3,(H3,22,23,24,25,28). The summed E-state index contributed by atoms with van der Waals surface area (Å²) in [5, 5.41) is 14.7. The van der Waals surface area contributed by atoms with E-state index in [2.05, 4.69) is 34.9 Å². The van der Waals surface area contributed by atoms with Crippen molar-refractivity contribution in [2.24, 2.45) is 0 Å². The molecule has 0 bridgehead atoms. The topological polar surface area (TPSA) is 110 Å². The Hall–Kier alpha value is -3.42. The number of aromatic nitrogens is 1. The number of hydrazine groups is 1. The maximum Gasteiger partial charge on any atom is 0.320 e. The van der Waals surface area contributed by atoms with Crippen LogP contribution in [-0.2, 0) is 0 Å². The molecule has 8 heteroatoms. The molecule has 1 aromatic carbocycles. The molecule has 0 saturated carbocycles. The van der Waals surface area contributed by atoms with Gasteiger partial charge in [-0.05, 0) is 30.5 Å². The van der Waals surface area contributed by atoms with Gasteiger partial charge in [0, 0.05) is 26.0 Å². The van der Waals surface area contributed by atoms with E-state index in [1.54, 1.807) is 11.9 Å². The third kappa shape index (κ3) is 4.85. The van der Waals surface area contributed by atoms with E-state index in [0.717, 1.165) is 11.9 Å². The van der Waals surface area contributed by atoms with Crippen molar-refractivity contribution in [2.45, 2.75) is 26.7 Å². The molecule has 2 amide bonds. The fourth-order valence-corrected chi connectivity index (χ4v) is 2.62. The Kier molecular flexibility index (Phi) is 7.08. The van der Waals surface area contributed by atoms with Crippen LogP contribution in [0.2, 0.25) is 0 Å². The van der Waals surface area contributed by atoms with Crippen LogP contribution in [0.15, 0.2) is 30.5 Å². The number of nitrogens with zero attached hydrogens (tertiary/aromatic N) is 2. The second-order valence-electron chi connectivity index (χ2n) is 6.51. The zero-order valence-electron chi connectivity index (χ0n) is 16.5. The van der Waals surface area contributed by atoms with Crippen LogP contribution in [0, 0.1) is 5.41 Å². The Morgan fingerprint density at radius 2 is 1.96 bits per heavy atom. The molecule has 2 rings (SSSR count). The van der Waals surface area contributed by atoms with Gasteiger partial charge in [-0.2, -0.15) is 0 Å². The van der Waals surface area contributed by atoms with E-state index < -0.39 is 6.03 Å². The van der Waals surface area contributed by atoms with Crippen molar-refractivity contribution in [2.75, 3.05) is 29.3 Å². The van der Waals surface area contributed by atoms with Crippen molar-refractivity contribution in [1.82, 2.24) is 10.3 Å². The van der Waals surface area contributed by atoms with Gasteiger partial charge in [0.05, 0.1) is 22.5 Å². The second kappa shape index (κ2) is 9.50. The van der Waals surface area contributed by atoms with Gasteiger partial charge in [-0.25, -0.2) is 9.78 Å². The Morgan fingerprint density at radius 1 is 1.29 bits per heavy atom. The number of pyridine rings is 1. The minimum Gasteiger partial charge on any atom is -0.338 e. The quantitative estimate of drug-likeness (QED) is 0.317. The lowest BCUT2D eigenvalue weighted by Gasteiger charge is -2.25. The van der Waals surface area contributed by atoms with E-state index in [4.69, 9.17) is 5.41 Å². The lowest BCUT2D eigenvalue weighted by atomic mass is 10.0. The van der Waals surface area contributed by atoms with E-state index in [9.17, 15) is 9.59 Å². The molecular formula is C20H26N6O2. The summed E-state index contributed by atoms with van der Waals surface area (Å²) in [6.45, 7) is 6.51. The normalized spacial score (nSPS) is 10.3. The number of carbonyl (C=O) groups excluding carboxylic acids is 2. The van der Waals surface area contributed by atoms with Gasteiger partial charge in [0.1, 0.15) is 5.82 Å². The molecule has 148 valence electrons. The molecule has 0 unspecified atom stereocenters. The Bertz CT molecular complexity index is 849. The third-order valence-corrected chi connectivity index (χ3v) is 4.21. The van der Waals surface area contributed by atoms with Gasteiger partial charge in [0.2, 0.25) is 0 Å². The summed E-state index contributed by atoms with van der Waals surface area (Å²) in [5.41, 5.74) is 6.22. The van der Waals surface area contributed by atoms with Crippen LogP contribution >= 0.6 is 0 Å². The second-order valence-corrected chi connectivity index (χ2v) is 6.51. The van der Waals surface area contributed by atoms with Crippen molar-refractivity contribution in [3.63, 3.8) is 0 Å². The maximum atomic E-state index is 11.8. The summed E-state index contributed by atoms with van der Waals surface area (Å²) >= 11 is 0. The van der Waals surface area contributed by atoms with Gasteiger partial charge in [-0.1, -0.05) is 26.0 Å². The maximum absolute atomic E-state index is 11.8. The van der Waals surface area contributed by atoms with E-state index >= 15 is 0 Å². The molecule has 28 heavy (non-hydrogen) atoms.